The molecule has 2 aromatic rings. The van der Waals surface area contributed by atoms with Gasteiger partial charge in [-0.2, -0.15) is 0 Å². The predicted octanol–water partition coefficient (Wildman–Crippen LogP) is 5.16. The van der Waals surface area contributed by atoms with Crippen molar-refractivity contribution in [1.29, 1.82) is 0 Å². The molecule has 2 aromatic carbocycles. The average molecular weight is 348 g/mol. The smallest absolute Gasteiger partial charge is 0.129 e. The summed E-state index contributed by atoms with van der Waals surface area (Å²) in [5.41, 5.74) is 3.17. The van der Waals surface area contributed by atoms with Crippen LogP contribution in [0.2, 0.25) is 0 Å². The van der Waals surface area contributed by atoms with E-state index >= 15 is 0 Å². The highest BCUT2D eigenvalue weighted by Gasteiger charge is 2.23. The Morgan fingerprint density at radius 3 is 2.57 bits per heavy atom. The van der Waals surface area contributed by atoms with Crippen LogP contribution in [0.15, 0.2) is 46.9 Å². The molecule has 1 unspecified atom stereocenters. The Labute approximate surface area is 133 Å². The van der Waals surface area contributed by atoms with Crippen LogP contribution in [-0.2, 0) is 0 Å². The summed E-state index contributed by atoms with van der Waals surface area (Å²) in [7, 11) is 1.87. The molecule has 1 saturated carbocycles. The van der Waals surface area contributed by atoms with Crippen LogP contribution < -0.4 is 5.32 Å². The first-order valence-corrected chi connectivity index (χ1v) is 8.21. The van der Waals surface area contributed by atoms with Gasteiger partial charge in [0.1, 0.15) is 5.82 Å². The van der Waals surface area contributed by atoms with E-state index in [1.807, 2.05) is 13.1 Å². The van der Waals surface area contributed by atoms with Crippen molar-refractivity contribution in [2.75, 3.05) is 7.05 Å². The van der Waals surface area contributed by atoms with Gasteiger partial charge in [0.25, 0.3) is 0 Å². The first-order valence-electron chi connectivity index (χ1n) is 7.41. The summed E-state index contributed by atoms with van der Waals surface area (Å²) in [6.07, 6.45) is 3.87. The van der Waals surface area contributed by atoms with Crippen LogP contribution in [0.3, 0.4) is 0 Å². The van der Waals surface area contributed by atoms with E-state index in [9.17, 15) is 4.39 Å². The lowest BCUT2D eigenvalue weighted by molar-refractivity contribution is 0.419. The standard InChI is InChI=1S/C18H19BrFN/c1-21-18(17-15(19)9-4-10-16(17)20)14-8-3-7-13(11-14)12-5-2-6-12/h3-4,7-12,18,21H,2,5-6H2,1H3. The Kier molecular flexibility index (Phi) is 4.41. The monoisotopic (exact) mass is 347 g/mol. The van der Waals surface area contributed by atoms with E-state index in [1.54, 1.807) is 6.07 Å². The lowest BCUT2D eigenvalue weighted by Gasteiger charge is -2.27. The molecule has 0 heterocycles. The van der Waals surface area contributed by atoms with Gasteiger partial charge in [-0.25, -0.2) is 4.39 Å². The van der Waals surface area contributed by atoms with Gasteiger partial charge in [0, 0.05) is 10.0 Å². The predicted molar refractivity (Wildman–Crippen MR) is 88.0 cm³/mol. The van der Waals surface area contributed by atoms with Crippen molar-refractivity contribution in [1.82, 2.24) is 5.32 Å². The molecular weight excluding hydrogens is 329 g/mol. The van der Waals surface area contributed by atoms with Crippen LogP contribution >= 0.6 is 15.9 Å². The molecule has 1 aliphatic rings. The van der Waals surface area contributed by atoms with Gasteiger partial charge in [0.15, 0.2) is 0 Å². The second-order valence-electron chi connectivity index (χ2n) is 5.65. The molecule has 0 amide bonds. The molecule has 0 bridgehead atoms. The van der Waals surface area contributed by atoms with E-state index < -0.39 is 0 Å². The van der Waals surface area contributed by atoms with Gasteiger partial charge >= 0.3 is 0 Å². The lowest BCUT2D eigenvalue weighted by Crippen LogP contribution is -2.20. The van der Waals surface area contributed by atoms with E-state index in [-0.39, 0.29) is 11.9 Å². The van der Waals surface area contributed by atoms with Crippen LogP contribution in [0.5, 0.6) is 0 Å². The molecule has 0 saturated heterocycles. The molecule has 1 atom stereocenters. The summed E-state index contributed by atoms with van der Waals surface area (Å²) in [6, 6.07) is 13.6. The van der Waals surface area contributed by atoms with Crippen molar-refractivity contribution in [3.63, 3.8) is 0 Å². The quantitative estimate of drug-likeness (QED) is 0.804. The largest absolute Gasteiger partial charge is 0.309 e. The van der Waals surface area contributed by atoms with Crippen molar-refractivity contribution in [3.8, 4) is 0 Å². The van der Waals surface area contributed by atoms with Crippen molar-refractivity contribution in [2.24, 2.45) is 0 Å². The molecule has 1 aliphatic carbocycles. The zero-order chi connectivity index (χ0) is 14.8. The first-order chi connectivity index (χ1) is 10.2. The minimum absolute atomic E-state index is 0.138. The molecule has 0 aliphatic heterocycles. The van der Waals surface area contributed by atoms with Crippen LogP contribution in [0.4, 0.5) is 4.39 Å². The minimum Gasteiger partial charge on any atom is -0.309 e. The Hall–Kier alpha value is -1.19. The fraction of sp³-hybridized carbons (Fsp3) is 0.333. The summed E-state index contributed by atoms with van der Waals surface area (Å²) in [4.78, 5) is 0. The van der Waals surface area contributed by atoms with E-state index in [1.165, 1.54) is 30.9 Å². The average Bonchev–Trinajstić information content (AvgIpc) is 2.41. The van der Waals surface area contributed by atoms with Gasteiger partial charge in [0.2, 0.25) is 0 Å². The minimum atomic E-state index is -0.183. The van der Waals surface area contributed by atoms with Crippen molar-refractivity contribution in [2.45, 2.75) is 31.2 Å². The SMILES string of the molecule is CNC(c1cccc(C2CCC2)c1)c1c(F)cccc1Br. The van der Waals surface area contributed by atoms with E-state index in [4.69, 9.17) is 0 Å². The second kappa shape index (κ2) is 6.29. The number of rotatable bonds is 4. The highest BCUT2D eigenvalue weighted by Crippen LogP contribution is 2.38. The molecule has 3 heteroatoms. The van der Waals surface area contributed by atoms with Crippen molar-refractivity contribution < 1.29 is 4.39 Å². The van der Waals surface area contributed by atoms with Gasteiger partial charge in [-0.15, -0.1) is 0 Å². The highest BCUT2D eigenvalue weighted by molar-refractivity contribution is 9.10. The van der Waals surface area contributed by atoms with Gasteiger partial charge < -0.3 is 5.32 Å². The third-order valence-corrected chi connectivity index (χ3v) is 5.09. The molecule has 110 valence electrons. The van der Waals surface area contributed by atoms with Crippen LogP contribution in [0.25, 0.3) is 0 Å². The third kappa shape index (κ3) is 2.90. The third-order valence-electron chi connectivity index (χ3n) is 4.40. The molecule has 1 N–H and O–H groups in total. The lowest BCUT2D eigenvalue weighted by atomic mass is 9.79. The molecular formula is C18H19BrFN. The van der Waals surface area contributed by atoms with Crippen molar-refractivity contribution >= 4 is 15.9 Å². The van der Waals surface area contributed by atoms with Crippen LogP contribution in [-0.4, -0.2) is 7.05 Å². The molecule has 21 heavy (non-hydrogen) atoms. The summed E-state index contributed by atoms with van der Waals surface area (Å²) in [5.74, 6) is 0.504. The van der Waals surface area contributed by atoms with Crippen molar-refractivity contribution in [3.05, 3.63) is 69.4 Å². The summed E-state index contributed by atoms with van der Waals surface area (Å²) in [5, 5.41) is 3.25. The topological polar surface area (TPSA) is 12.0 Å². The number of halogens is 2. The first kappa shape index (κ1) is 14.7. The molecule has 1 nitrogen and oxygen atoms in total. The fourth-order valence-corrected chi connectivity index (χ4v) is 3.57. The molecule has 3 rings (SSSR count). The van der Waals surface area contributed by atoms with Crippen LogP contribution in [0, 0.1) is 5.82 Å². The molecule has 1 fully saturated rings. The summed E-state index contributed by atoms with van der Waals surface area (Å²) < 4.78 is 15.0. The number of hydrogen-bond acceptors (Lipinski definition) is 1. The number of benzene rings is 2. The van der Waals surface area contributed by atoms with E-state index in [0.29, 0.717) is 11.5 Å². The molecule has 0 aromatic heterocycles. The highest BCUT2D eigenvalue weighted by atomic mass is 79.9. The maximum atomic E-state index is 14.2. The Balaban J connectivity index is 2.00. The zero-order valence-corrected chi connectivity index (χ0v) is 13.7. The number of hydrogen-bond donors (Lipinski definition) is 1. The zero-order valence-electron chi connectivity index (χ0n) is 12.1. The Bertz CT molecular complexity index is 617. The normalized spacial score (nSPS) is 16.5. The maximum absolute atomic E-state index is 14.2. The molecule has 0 spiro atoms. The second-order valence-corrected chi connectivity index (χ2v) is 6.51. The molecule has 0 radical (unpaired) electrons. The summed E-state index contributed by atoms with van der Waals surface area (Å²) in [6.45, 7) is 0. The van der Waals surface area contributed by atoms with Gasteiger partial charge in [-0.05, 0) is 49.1 Å². The Morgan fingerprint density at radius 1 is 1.19 bits per heavy atom. The Morgan fingerprint density at radius 2 is 1.95 bits per heavy atom. The van der Waals surface area contributed by atoms with Crippen LogP contribution in [0.1, 0.15) is 47.9 Å². The van der Waals surface area contributed by atoms with E-state index in [0.717, 1.165) is 10.0 Å². The van der Waals surface area contributed by atoms with Gasteiger partial charge in [0.05, 0.1) is 6.04 Å². The maximum Gasteiger partial charge on any atom is 0.129 e. The summed E-state index contributed by atoms with van der Waals surface area (Å²) >= 11 is 3.48. The van der Waals surface area contributed by atoms with Gasteiger partial charge in [-0.3, -0.25) is 0 Å². The van der Waals surface area contributed by atoms with Gasteiger partial charge in [-0.1, -0.05) is 52.7 Å². The fourth-order valence-electron chi connectivity index (χ4n) is 3.00. The number of nitrogens with one attached hydrogen (secondary N) is 1. The van der Waals surface area contributed by atoms with E-state index in [2.05, 4.69) is 45.5 Å².